The molecule has 2 heterocycles. The summed E-state index contributed by atoms with van der Waals surface area (Å²) in [5.41, 5.74) is 6.08. The van der Waals surface area contributed by atoms with Crippen molar-refractivity contribution in [1.82, 2.24) is 9.21 Å². The van der Waals surface area contributed by atoms with Crippen molar-refractivity contribution in [3.63, 3.8) is 0 Å². The zero-order valence-electron chi connectivity index (χ0n) is 15.1. The zero-order chi connectivity index (χ0) is 19.8. The largest absolute Gasteiger partial charge is 0.497 e. The van der Waals surface area contributed by atoms with Crippen LogP contribution >= 0.6 is 0 Å². The average Bonchev–Trinajstić information content (AvgIpc) is 3.28. The molecule has 1 aromatic carbocycles. The predicted molar refractivity (Wildman–Crippen MR) is 98.1 cm³/mol. The second-order valence-electron chi connectivity index (χ2n) is 6.92. The summed E-state index contributed by atoms with van der Waals surface area (Å²) < 4.78 is 32.0. The van der Waals surface area contributed by atoms with Crippen LogP contribution in [0.15, 0.2) is 29.2 Å². The molecule has 0 spiro atoms. The van der Waals surface area contributed by atoms with E-state index < -0.39 is 35.0 Å². The lowest BCUT2D eigenvalue weighted by Crippen LogP contribution is -2.50. The molecule has 148 valence electrons. The van der Waals surface area contributed by atoms with Crippen LogP contribution in [0.25, 0.3) is 0 Å². The number of carbonyl (C=O) groups is 1. The number of carbonyl (C=O) groups excluding carboxylic acids is 1. The Hall–Kier alpha value is -1.66. The molecule has 2 aliphatic rings. The molecule has 0 aliphatic carbocycles. The minimum atomic E-state index is -3.79. The van der Waals surface area contributed by atoms with E-state index in [0.717, 1.165) is 0 Å². The summed E-state index contributed by atoms with van der Waals surface area (Å²) >= 11 is 0. The fourth-order valence-corrected chi connectivity index (χ4v) is 5.24. The fourth-order valence-electron chi connectivity index (χ4n) is 3.74. The van der Waals surface area contributed by atoms with Crippen LogP contribution in [0.4, 0.5) is 0 Å². The van der Waals surface area contributed by atoms with Gasteiger partial charge in [-0.05, 0) is 37.1 Å². The Labute approximate surface area is 158 Å². The van der Waals surface area contributed by atoms with Gasteiger partial charge >= 0.3 is 7.12 Å². The van der Waals surface area contributed by atoms with E-state index in [1.54, 1.807) is 12.1 Å². The lowest BCUT2D eigenvalue weighted by molar-refractivity contribution is -0.135. The van der Waals surface area contributed by atoms with Gasteiger partial charge in [-0.2, -0.15) is 4.31 Å². The molecule has 0 saturated carbocycles. The van der Waals surface area contributed by atoms with E-state index in [1.807, 2.05) is 0 Å². The van der Waals surface area contributed by atoms with Gasteiger partial charge in [-0.25, -0.2) is 8.42 Å². The average molecular weight is 397 g/mol. The molecular weight excluding hydrogens is 373 g/mol. The summed E-state index contributed by atoms with van der Waals surface area (Å²) in [6.07, 6.45) is 1.17. The Balaban J connectivity index is 1.76. The van der Waals surface area contributed by atoms with Gasteiger partial charge in [-0.3, -0.25) is 4.79 Å². The Kier molecular flexibility index (Phi) is 5.77. The van der Waals surface area contributed by atoms with Crippen molar-refractivity contribution in [2.45, 2.75) is 29.7 Å². The Bertz CT molecular complexity index is 788. The van der Waals surface area contributed by atoms with Crippen LogP contribution in [-0.4, -0.2) is 79.4 Å². The van der Waals surface area contributed by atoms with Crippen LogP contribution in [0.3, 0.4) is 0 Å². The van der Waals surface area contributed by atoms with Crippen LogP contribution in [0.1, 0.15) is 12.8 Å². The third kappa shape index (κ3) is 3.83. The van der Waals surface area contributed by atoms with Gasteiger partial charge in [-0.15, -0.1) is 0 Å². The Morgan fingerprint density at radius 2 is 1.93 bits per heavy atom. The van der Waals surface area contributed by atoms with Crippen molar-refractivity contribution < 1.29 is 28.0 Å². The monoisotopic (exact) mass is 397 g/mol. The lowest BCUT2D eigenvalue weighted by atomic mass is 9.77. The molecule has 2 fully saturated rings. The van der Waals surface area contributed by atoms with Gasteiger partial charge in [0.2, 0.25) is 15.9 Å². The van der Waals surface area contributed by atoms with Crippen molar-refractivity contribution in [3.05, 3.63) is 24.3 Å². The van der Waals surface area contributed by atoms with E-state index in [0.29, 0.717) is 25.1 Å². The second-order valence-corrected chi connectivity index (χ2v) is 8.86. The molecule has 0 radical (unpaired) electrons. The minimum Gasteiger partial charge on any atom is -0.497 e. The van der Waals surface area contributed by atoms with Gasteiger partial charge in [0.15, 0.2) is 0 Å². The highest BCUT2D eigenvalue weighted by atomic mass is 32.2. The van der Waals surface area contributed by atoms with Gasteiger partial charge in [0, 0.05) is 25.7 Å². The molecule has 3 rings (SSSR count). The number of hydrogen-bond acceptors (Lipinski definition) is 7. The highest BCUT2D eigenvalue weighted by Gasteiger charge is 2.46. The summed E-state index contributed by atoms with van der Waals surface area (Å²) in [6.45, 7) is 0.416. The second kappa shape index (κ2) is 7.76. The molecule has 2 aliphatic heterocycles. The van der Waals surface area contributed by atoms with E-state index >= 15 is 0 Å². The maximum atomic E-state index is 12.9. The molecule has 0 unspecified atom stereocenters. The highest BCUT2D eigenvalue weighted by molar-refractivity contribution is 7.89. The van der Waals surface area contributed by atoms with Gasteiger partial charge in [0.1, 0.15) is 5.75 Å². The summed E-state index contributed by atoms with van der Waals surface area (Å²) in [5.74, 6) is -1.16. The van der Waals surface area contributed by atoms with Crippen LogP contribution in [-0.2, 0) is 14.8 Å². The molecule has 0 bridgehead atoms. The van der Waals surface area contributed by atoms with Crippen molar-refractivity contribution >= 4 is 23.0 Å². The molecule has 1 aromatic rings. The third-order valence-corrected chi connectivity index (χ3v) is 7.12. The molecule has 0 aromatic heterocycles. The molecule has 9 nitrogen and oxygen atoms in total. The lowest BCUT2D eigenvalue weighted by Gasteiger charge is -2.28. The predicted octanol–water partition coefficient (Wildman–Crippen LogP) is -1.35. The number of rotatable bonds is 5. The fraction of sp³-hybridized carbons (Fsp3) is 0.562. The standard InChI is InChI=1S/C16H24BN3O6S/c1-26-11-4-6-12(7-5-11)27(24,25)19-9-13(14(18)10-19)16(21)20-8-2-3-15(20)17(22)23/h4-7,13-15,22-23H,2-3,8-10,18H2,1H3/t13-,14-,15-/m0/s1. The molecule has 2 saturated heterocycles. The summed E-state index contributed by atoms with van der Waals surface area (Å²) in [6, 6.07) is 5.37. The number of benzene rings is 1. The number of likely N-dealkylation sites (tertiary alicyclic amines) is 1. The third-order valence-electron chi connectivity index (χ3n) is 5.27. The van der Waals surface area contributed by atoms with Crippen molar-refractivity contribution in [1.29, 1.82) is 0 Å². The van der Waals surface area contributed by atoms with Gasteiger partial charge < -0.3 is 25.4 Å². The molecule has 4 N–H and O–H groups in total. The first kappa shape index (κ1) is 20.1. The minimum absolute atomic E-state index is 0.0287. The molecule has 1 amide bonds. The number of nitrogens with two attached hydrogens (primary N) is 1. The van der Waals surface area contributed by atoms with Crippen LogP contribution in [0.5, 0.6) is 5.75 Å². The SMILES string of the molecule is COc1ccc(S(=O)(=O)N2C[C@H](C(=O)N3CCC[C@H]3B(O)O)[C@@H](N)C2)cc1. The number of amides is 1. The molecule has 3 atom stereocenters. The van der Waals surface area contributed by atoms with Crippen LogP contribution in [0.2, 0.25) is 0 Å². The van der Waals surface area contributed by atoms with Crippen LogP contribution in [0, 0.1) is 5.92 Å². The van der Waals surface area contributed by atoms with E-state index in [-0.39, 0.29) is 23.9 Å². The molecule has 11 heteroatoms. The normalized spacial score (nSPS) is 26.4. The maximum Gasteiger partial charge on any atom is 0.475 e. The Morgan fingerprint density at radius 3 is 2.52 bits per heavy atom. The molecular formula is C16H24BN3O6S. The van der Waals surface area contributed by atoms with Crippen molar-refractivity contribution in [2.75, 3.05) is 26.7 Å². The Morgan fingerprint density at radius 1 is 1.26 bits per heavy atom. The number of sulfonamides is 1. The van der Waals surface area contributed by atoms with E-state index in [4.69, 9.17) is 10.5 Å². The van der Waals surface area contributed by atoms with Gasteiger partial charge in [-0.1, -0.05) is 0 Å². The summed E-state index contributed by atoms with van der Waals surface area (Å²) in [7, 11) is -3.91. The van der Waals surface area contributed by atoms with E-state index in [2.05, 4.69) is 0 Å². The molecule has 27 heavy (non-hydrogen) atoms. The van der Waals surface area contributed by atoms with Crippen molar-refractivity contribution in [3.8, 4) is 5.75 Å². The zero-order valence-corrected chi connectivity index (χ0v) is 15.9. The number of ether oxygens (including phenoxy) is 1. The first-order chi connectivity index (χ1) is 12.8. The number of nitrogens with zero attached hydrogens (tertiary/aromatic N) is 2. The number of methoxy groups -OCH3 is 1. The van der Waals surface area contributed by atoms with E-state index in [9.17, 15) is 23.3 Å². The summed E-state index contributed by atoms with van der Waals surface area (Å²) in [5, 5.41) is 18.9. The summed E-state index contributed by atoms with van der Waals surface area (Å²) in [4.78, 5) is 14.4. The van der Waals surface area contributed by atoms with Gasteiger partial charge in [0.25, 0.3) is 0 Å². The van der Waals surface area contributed by atoms with Crippen molar-refractivity contribution in [2.24, 2.45) is 11.7 Å². The highest BCUT2D eigenvalue weighted by Crippen LogP contribution is 2.28. The topological polar surface area (TPSA) is 133 Å². The number of hydrogen-bond donors (Lipinski definition) is 3. The van der Waals surface area contributed by atoms with Crippen LogP contribution < -0.4 is 10.5 Å². The first-order valence-corrected chi connectivity index (χ1v) is 10.3. The van der Waals surface area contributed by atoms with Gasteiger partial charge in [0.05, 0.1) is 23.9 Å². The van der Waals surface area contributed by atoms with E-state index in [1.165, 1.54) is 28.4 Å². The maximum absolute atomic E-state index is 12.9. The smallest absolute Gasteiger partial charge is 0.475 e. The quantitative estimate of drug-likeness (QED) is 0.523. The first-order valence-electron chi connectivity index (χ1n) is 8.82.